The maximum atomic E-state index is 12.6. The average molecular weight is 289 g/mol. The number of carbonyl (C=O) groups is 2. The van der Waals surface area contributed by atoms with Gasteiger partial charge in [0, 0.05) is 10.8 Å². The highest BCUT2D eigenvalue weighted by Gasteiger charge is 2.33. The molecule has 0 aliphatic rings. The molecule has 3 nitrogen and oxygen atoms in total. The molecule has 0 saturated carbocycles. The normalized spacial score (nSPS) is 13.6. The summed E-state index contributed by atoms with van der Waals surface area (Å²) in [6.07, 6.45) is 0.527. The molecule has 0 fully saturated rings. The van der Waals surface area contributed by atoms with Crippen LogP contribution in [0.2, 0.25) is 0 Å². The molecule has 0 radical (unpaired) electrons. The Kier molecular flexibility index (Phi) is 5.32. The average Bonchev–Trinajstić information content (AvgIpc) is 2.36. The zero-order valence-corrected chi connectivity index (χ0v) is 14.0. The molecule has 1 atom stereocenters. The third kappa shape index (κ3) is 5.33. The van der Waals surface area contributed by atoms with Gasteiger partial charge in [-0.25, -0.2) is 0 Å². The first-order valence-electron chi connectivity index (χ1n) is 7.41. The molecule has 0 unspecified atom stereocenters. The summed E-state index contributed by atoms with van der Waals surface area (Å²) in [6.45, 7) is 11.2. The van der Waals surface area contributed by atoms with Gasteiger partial charge in [-0.2, -0.15) is 0 Å². The van der Waals surface area contributed by atoms with Crippen LogP contribution in [0.5, 0.6) is 0 Å². The lowest BCUT2D eigenvalue weighted by molar-refractivity contribution is -0.135. The lowest BCUT2D eigenvalue weighted by Gasteiger charge is -2.28. The van der Waals surface area contributed by atoms with Gasteiger partial charge in [0.25, 0.3) is 0 Å². The first-order valence-corrected chi connectivity index (χ1v) is 7.41. The standard InChI is InChI=1S/C18H27NO2/c1-17(2,3)15(20)14(19-16(21)18(4,5)6)12-13-10-8-7-9-11-13/h7-11,14H,12H2,1-6H3,(H,19,21)/t14-/m0/s1. The van der Waals surface area contributed by atoms with E-state index in [0.717, 1.165) is 5.56 Å². The van der Waals surface area contributed by atoms with Crippen molar-refractivity contribution in [3.05, 3.63) is 35.9 Å². The van der Waals surface area contributed by atoms with Crippen LogP contribution < -0.4 is 5.32 Å². The van der Waals surface area contributed by atoms with Crippen molar-refractivity contribution in [2.24, 2.45) is 10.8 Å². The number of hydrogen-bond acceptors (Lipinski definition) is 2. The molecule has 0 aliphatic carbocycles. The van der Waals surface area contributed by atoms with Crippen molar-refractivity contribution in [2.75, 3.05) is 0 Å². The Balaban J connectivity index is 2.96. The van der Waals surface area contributed by atoms with Crippen molar-refractivity contribution in [1.82, 2.24) is 5.32 Å². The number of hydrogen-bond donors (Lipinski definition) is 1. The van der Waals surface area contributed by atoms with Gasteiger partial charge in [-0.05, 0) is 12.0 Å². The van der Waals surface area contributed by atoms with Crippen molar-refractivity contribution in [3.8, 4) is 0 Å². The summed E-state index contributed by atoms with van der Waals surface area (Å²) < 4.78 is 0. The Morgan fingerprint density at radius 3 is 1.90 bits per heavy atom. The summed E-state index contributed by atoms with van der Waals surface area (Å²) in [5.41, 5.74) is 0.0619. The van der Waals surface area contributed by atoms with Crippen molar-refractivity contribution >= 4 is 11.7 Å². The number of amides is 1. The van der Waals surface area contributed by atoms with Crippen molar-refractivity contribution in [2.45, 2.75) is 54.0 Å². The van der Waals surface area contributed by atoms with Crippen LogP contribution in [-0.4, -0.2) is 17.7 Å². The predicted molar refractivity (Wildman–Crippen MR) is 86.0 cm³/mol. The second-order valence-electron chi connectivity index (χ2n) is 7.58. The number of rotatable bonds is 4. The van der Waals surface area contributed by atoms with Crippen LogP contribution in [0.15, 0.2) is 30.3 Å². The van der Waals surface area contributed by atoms with Crippen molar-refractivity contribution in [3.63, 3.8) is 0 Å². The molecular weight excluding hydrogens is 262 g/mol. The molecule has 0 aromatic heterocycles. The number of ketones is 1. The minimum absolute atomic E-state index is 0.0592. The molecule has 1 amide bonds. The summed E-state index contributed by atoms with van der Waals surface area (Å²) in [7, 11) is 0. The van der Waals surface area contributed by atoms with Gasteiger partial charge in [-0.15, -0.1) is 0 Å². The predicted octanol–water partition coefficient (Wildman–Crippen LogP) is 3.38. The molecule has 0 heterocycles. The van der Waals surface area contributed by atoms with Crippen LogP contribution in [0.4, 0.5) is 0 Å². The number of carbonyl (C=O) groups excluding carboxylic acids is 2. The fraction of sp³-hybridized carbons (Fsp3) is 0.556. The van der Waals surface area contributed by atoms with Gasteiger partial charge in [0.2, 0.25) is 5.91 Å². The first kappa shape index (κ1) is 17.4. The van der Waals surface area contributed by atoms with E-state index in [4.69, 9.17) is 0 Å². The summed E-state index contributed by atoms with van der Waals surface area (Å²) in [4.78, 5) is 24.9. The summed E-state index contributed by atoms with van der Waals surface area (Å²) in [5, 5.41) is 2.92. The van der Waals surface area contributed by atoms with E-state index in [1.54, 1.807) is 0 Å². The highest BCUT2D eigenvalue weighted by Crippen LogP contribution is 2.21. The Morgan fingerprint density at radius 2 is 1.48 bits per heavy atom. The molecule has 116 valence electrons. The van der Waals surface area contributed by atoms with Gasteiger partial charge < -0.3 is 5.32 Å². The van der Waals surface area contributed by atoms with Gasteiger partial charge in [0.15, 0.2) is 5.78 Å². The molecule has 21 heavy (non-hydrogen) atoms. The first-order chi connectivity index (χ1) is 9.51. The van der Waals surface area contributed by atoms with Gasteiger partial charge >= 0.3 is 0 Å². The van der Waals surface area contributed by atoms with Gasteiger partial charge in [0.05, 0.1) is 6.04 Å². The van der Waals surface area contributed by atoms with Gasteiger partial charge in [-0.1, -0.05) is 71.9 Å². The smallest absolute Gasteiger partial charge is 0.225 e. The molecule has 3 heteroatoms. The molecule has 1 aromatic carbocycles. The molecule has 0 spiro atoms. The largest absolute Gasteiger partial charge is 0.345 e. The van der Waals surface area contributed by atoms with Gasteiger partial charge in [0.1, 0.15) is 0 Å². The van der Waals surface area contributed by atoms with Gasteiger partial charge in [-0.3, -0.25) is 9.59 Å². The van der Waals surface area contributed by atoms with Crippen LogP contribution in [0.3, 0.4) is 0 Å². The SMILES string of the molecule is CC(C)(C)C(=O)N[C@@H](Cc1ccccc1)C(=O)C(C)(C)C. The lowest BCUT2D eigenvalue weighted by Crippen LogP contribution is -2.50. The number of nitrogens with one attached hydrogen (secondary N) is 1. The fourth-order valence-corrected chi connectivity index (χ4v) is 1.96. The highest BCUT2D eigenvalue weighted by atomic mass is 16.2. The monoisotopic (exact) mass is 289 g/mol. The zero-order chi connectivity index (χ0) is 16.3. The van der Waals surface area contributed by atoms with E-state index in [-0.39, 0.29) is 11.7 Å². The number of benzene rings is 1. The van der Waals surface area contributed by atoms with E-state index >= 15 is 0 Å². The minimum Gasteiger partial charge on any atom is -0.345 e. The van der Waals surface area contributed by atoms with E-state index in [0.29, 0.717) is 6.42 Å². The number of Topliss-reactive ketones (excluding diaryl/α,β-unsaturated/α-hetero) is 1. The third-order valence-electron chi connectivity index (χ3n) is 3.32. The maximum absolute atomic E-state index is 12.6. The van der Waals surface area contributed by atoms with E-state index in [2.05, 4.69) is 5.32 Å². The zero-order valence-electron chi connectivity index (χ0n) is 14.0. The molecule has 1 rings (SSSR count). The van der Waals surface area contributed by atoms with E-state index in [9.17, 15) is 9.59 Å². The van der Waals surface area contributed by atoms with Crippen molar-refractivity contribution in [1.29, 1.82) is 0 Å². The third-order valence-corrected chi connectivity index (χ3v) is 3.32. The Hall–Kier alpha value is -1.64. The fourth-order valence-electron chi connectivity index (χ4n) is 1.96. The Bertz CT molecular complexity index is 492. The highest BCUT2D eigenvalue weighted by molar-refractivity contribution is 5.93. The molecular formula is C18H27NO2. The van der Waals surface area contributed by atoms with E-state index < -0.39 is 16.9 Å². The second kappa shape index (κ2) is 6.42. The Morgan fingerprint density at radius 1 is 0.952 bits per heavy atom. The Labute approximate surface area is 128 Å². The second-order valence-corrected chi connectivity index (χ2v) is 7.58. The molecule has 0 bridgehead atoms. The van der Waals surface area contributed by atoms with Crippen LogP contribution in [0, 0.1) is 10.8 Å². The minimum atomic E-state index is -0.507. The summed E-state index contributed by atoms with van der Waals surface area (Å²) in [5.74, 6) is -0.0371. The van der Waals surface area contributed by atoms with E-state index in [1.165, 1.54) is 0 Å². The lowest BCUT2D eigenvalue weighted by atomic mass is 9.83. The summed E-state index contributed by atoms with van der Waals surface area (Å²) in [6, 6.07) is 9.30. The van der Waals surface area contributed by atoms with Crippen molar-refractivity contribution < 1.29 is 9.59 Å². The molecule has 1 aromatic rings. The molecule has 0 saturated heterocycles. The molecule has 1 N–H and O–H groups in total. The topological polar surface area (TPSA) is 46.2 Å². The molecule has 0 aliphatic heterocycles. The quantitative estimate of drug-likeness (QED) is 0.923. The van der Waals surface area contributed by atoms with Crippen LogP contribution >= 0.6 is 0 Å². The summed E-state index contributed by atoms with van der Waals surface area (Å²) >= 11 is 0. The van der Waals surface area contributed by atoms with E-state index in [1.807, 2.05) is 71.9 Å². The van der Waals surface area contributed by atoms with Crippen LogP contribution in [-0.2, 0) is 16.0 Å². The van der Waals surface area contributed by atoms with Crippen LogP contribution in [0.25, 0.3) is 0 Å². The van der Waals surface area contributed by atoms with Crippen LogP contribution in [0.1, 0.15) is 47.1 Å². The maximum Gasteiger partial charge on any atom is 0.225 e.